The van der Waals surface area contributed by atoms with Gasteiger partial charge in [-0.05, 0) is 0 Å². The van der Waals surface area contributed by atoms with Crippen molar-refractivity contribution in [3.8, 4) is 0 Å². The number of rotatable bonds is 1. The maximum absolute atomic E-state index is 10.3. The van der Waals surface area contributed by atoms with Gasteiger partial charge in [-0.3, -0.25) is 4.79 Å². The molecule has 0 fully saturated rings. The molecule has 1 aliphatic rings. The molecular weight excluding hydrogens is 122 g/mol. The monoisotopic (exact) mass is 129 g/mol. The molecule has 1 unspecified atom stereocenters. The van der Waals surface area contributed by atoms with Crippen molar-refractivity contribution in [1.29, 1.82) is 0 Å². The molecule has 0 radical (unpaired) electrons. The number of ether oxygens (including phenoxy) is 1. The molecule has 4 nitrogen and oxygen atoms in total. The molecule has 1 atom stereocenters. The molecule has 0 saturated heterocycles. The van der Waals surface area contributed by atoms with Gasteiger partial charge in [0.05, 0.1) is 0 Å². The molecule has 0 amide bonds. The van der Waals surface area contributed by atoms with E-state index in [1.165, 1.54) is 13.1 Å². The molecule has 9 heavy (non-hydrogen) atoms. The van der Waals surface area contributed by atoms with E-state index < -0.39 is 12.2 Å². The lowest BCUT2D eigenvalue weighted by Crippen LogP contribution is -2.36. The summed E-state index contributed by atoms with van der Waals surface area (Å²) in [4.78, 5) is 10.2. The highest BCUT2D eigenvalue weighted by Gasteiger charge is 2.27. The van der Waals surface area contributed by atoms with Gasteiger partial charge in [0.2, 0.25) is 0 Å². The van der Waals surface area contributed by atoms with Crippen molar-refractivity contribution in [2.45, 2.75) is 19.6 Å². The van der Waals surface area contributed by atoms with Gasteiger partial charge in [-0.15, -0.1) is 0 Å². The average molecular weight is 129 g/mol. The zero-order chi connectivity index (χ0) is 6.85. The zero-order valence-corrected chi connectivity index (χ0v) is 5.03. The summed E-state index contributed by atoms with van der Waals surface area (Å²) in [5, 5.41) is 10.3. The largest absolute Gasteiger partial charge is 0.621 e. The number of hydroxylamine groups is 1. The van der Waals surface area contributed by atoms with E-state index >= 15 is 0 Å². The van der Waals surface area contributed by atoms with Crippen LogP contribution in [-0.4, -0.2) is 23.2 Å². The Hall–Kier alpha value is -1.06. The van der Waals surface area contributed by atoms with Gasteiger partial charge in [-0.2, -0.15) is 4.74 Å². The summed E-state index contributed by atoms with van der Waals surface area (Å²) < 4.78 is 5.17. The highest BCUT2D eigenvalue weighted by atomic mass is 16.6. The lowest BCUT2D eigenvalue weighted by Gasteiger charge is -2.20. The summed E-state index contributed by atoms with van der Waals surface area (Å²) in [6, 6.07) is 0. The van der Waals surface area contributed by atoms with Gasteiger partial charge in [-0.1, -0.05) is 0 Å². The standard InChI is InChI=1S/C5H7NO3/c1-4(7)9-5-2-3-6(5)8/h3,5H,2H2,1H3. The smallest absolute Gasteiger partial charge is 0.318 e. The Bertz CT molecular complexity index is 164. The fourth-order valence-corrected chi connectivity index (χ4v) is 0.569. The first-order valence-electron chi connectivity index (χ1n) is 2.66. The topological polar surface area (TPSA) is 52.4 Å². The zero-order valence-electron chi connectivity index (χ0n) is 5.03. The van der Waals surface area contributed by atoms with Gasteiger partial charge in [0, 0.05) is 6.92 Å². The molecule has 0 aromatic rings. The Morgan fingerprint density at radius 2 is 2.67 bits per heavy atom. The predicted molar refractivity (Wildman–Crippen MR) is 29.9 cm³/mol. The number of nitrogens with zero attached hydrogens (tertiary/aromatic N) is 1. The molecule has 50 valence electrons. The number of carbonyl (C=O) groups is 1. The lowest BCUT2D eigenvalue weighted by atomic mass is 10.3. The van der Waals surface area contributed by atoms with E-state index in [-0.39, 0.29) is 0 Å². The van der Waals surface area contributed by atoms with E-state index in [4.69, 9.17) is 0 Å². The van der Waals surface area contributed by atoms with Crippen LogP contribution in [0.4, 0.5) is 0 Å². The van der Waals surface area contributed by atoms with Crippen LogP contribution in [0.5, 0.6) is 0 Å². The van der Waals surface area contributed by atoms with E-state index in [9.17, 15) is 10.0 Å². The molecule has 0 aromatic heterocycles. The van der Waals surface area contributed by atoms with E-state index in [1.54, 1.807) is 0 Å². The van der Waals surface area contributed by atoms with Gasteiger partial charge in [0.15, 0.2) is 6.21 Å². The SMILES string of the molecule is CC(=O)OC1CC=[N+]1[O-]. The highest BCUT2D eigenvalue weighted by molar-refractivity contribution is 5.67. The van der Waals surface area contributed by atoms with E-state index in [2.05, 4.69) is 4.74 Å². The van der Waals surface area contributed by atoms with E-state index in [0.717, 1.165) is 0 Å². The minimum absolute atomic E-state index is 0.408. The number of hydrogen-bond acceptors (Lipinski definition) is 3. The van der Waals surface area contributed by atoms with Crippen molar-refractivity contribution in [2.75, 3.05) is 0 Å². The number of carbonyl (C=O) groups excluding carboxylic acids is 1. The maximum atomic E-state index is 10.3. The third-order valence-electron chi connectivity index (χ3n) is 1.07. The van der Waals surface area contributed by atoms with Crippen LogP contribution in [0.15, 0.2) is 0 Å². The molecule has 0 saturated carbocycles. The summed E-state index contributed by atoms with van der Waals surface area (Å²) in [5.41, 5.74) is 0. The first kappa shape index (κ1) is 6.07. The normalized spacial score (nSPS) is 24.1. The second-order valence-corrected chi connectivity index (χ2v) is 1.84. The highest BCUT2D eigenvalue weighted by Crippen LogP contribution is 2.05. The lowest BCUT2D eigenvalue weighted by molar-refractivity contribution is -0.570. The third kappa shape index (κ3) is 1.19. The van der Waals surface area contributed by atoms with Crippen LogP contribution < -0.4 is 0 Å². The third-order valence-corrected chi connectivity index (χ3v) is 1.07. The summed E-state index contributed by atoms with van der Waals surface area (Å²) in [6.07, 6.45) is 1.42. The molecule has 1 rings (SSSR count). The van der Waals surface area contributed by atoms with Crippen LogP contribution >= 0.6 is 0 Å². The van der Waals surface area contributed by atoms with Crippen molar-refractivity contribution < 1.29 is 14.3 Å². The Kier molecular flexibility index (Phi) is 1.38. The van der Waals surface area contributed by atoms with Crippen molar-refractivity contribution in [3.05, 3.63) is 5.21 Å². The van der Waals surface area contributed by atoms with Crippen LogP contribution in [0.3, 0.4) is 0 Å². The molecule has 0 bridgehead atoms. The second-order valence-electron chi connectivity index (χ2n) is 1.84. The van der Waals surface area contributed by atoms with Gasteiger partial charge < -0.3 is 9.94 Å². The molecule has 0 N–H and O–H groups in total. The van der Waals surface area contributed by atoms with Gasteiger partial charge in [-0.25, -0.2) is 0 Å². The van der Waals surface area contributed by atoms with E-state index in [1.807, 2.05) is 0 Å². The molecule has 4 heteroatoms. The maximum Gasteiger partial charge on any atom is 0.318 e. The Labute approximate surface area is 52.3 Å². The summed E-state index contributed by atoms with van der Waals surface area (Å²) in [7, 11) is 0. The van der Waals surface area contributed by atoms with Crippen LogP contribution in [0.1, 0.15) is 13.3 Å². The minimum atomic E-state index is -0.553. The summed E-state index contributed by atoms with van der Waals surface area (Å²) >= 11 is 0. The van der Waals surface area contributed by atoms with Crippen molar-refractivity contribution >= 4 is 12.2 Å². The molecule has 0 spiro atoms. The van der Waals surface area contributed by atoms with Crippen molar-refractivity contribution in [3.63, 3.8) is 0 Å². The van der Waals surface area contributed by atoms with Crippen LogP contribution in [0, 0.1) is 5.21 Å². The van der Waals surface area contributed by atoms with Gasteiger partial charge in [0.25, 0.3) is 0 Å². The van der Waals surface area contributed by atoms with Crippen LogP contribution in [0.25, 0.3) is 0 Å². The van der Waals surface area contributed by atoms with Gasteiger partial charge in [0.1, 0.15) is 6.42 Å². The van der Waals surface area contributed by atoms with Crippen molar-refractivity contribution in [1.82, 2.24) is 0 Å². The minimum Gasteiger partial charge on any atom is -0.621 e. The molecule has 0 aromatic carbocycles. The molecule has 1 heterocycles. The molecule has 1 aliphatic heterocycles. The molecular formula is C5H7NO3. The Balaban J connectivity index is 2.32. The summed E-state index contributed by atoms with van der Waals surface area (Å²) in [5.74, 6) is -0.408. The van der Waals surface area contributed by atoms with Crippen molar-refractivity contribution in [2.24, 2.45) is 0 Å². The first-order chi connectivity index (χ1) is 4.20. The second kappa shape index (κ2) is 2.05. The molecule has 0 aliphatic carbocycles. The average Bonchev–Trinajstić information content (AvgIpc) is 1.79. The van der Waals surface area contributed by atoms with Crippen LogP contribution in [-0.2, 0) is 9.53 Å². The predicted octanol–water partition coefficient (Wildman–Crippen LogP) is -0.140. The quantitative estimate of drug-likeness (QED) is 0.281. The number of esters is 1. The van der Waals surface area contributed by atoms with Crippen LogP contribution in [0.2, 0.25) is 0 Å². The number of hydrogen-bond donors (Lipinski definition) is 0. The first-order valence-corrected chi connectivity index (χ1v) is 2.66. The van der Waals surface area contributed by atoms with Gasteiger partial charge >= 0.3 is 12.2 Å². The van der Waals surface area contributed by atoms with E-state index in [0.29, 0.717) is 11.2 Å². The summed E-state index contributed by atoms with van der Waals surface area (Å²) in [6.45, 7) is 1.28. The fourth-order valence-electron chi connectivity index (χ4n) is 0.569. The Morgan fingerprint density at radius 1 is 2.00 bits per heavy atom. The fraction of sp³-hybridized carbons (Fsp3) is 0.600. The Morgan fingerprint density at radius 3 is 2.78 bits per heavy atom.